The molecule has 5 aromatic rings. The average molecular weight is 1490 g/mol. The highest BCUT2D eigenvalue weighted by molar-refractivity contribution is 5.37. The monoisotopic (exact) mass is 1480 g/mol. The molecule has 0 atom stereocenters. The molecule has 5 aromatic carbocycles. The second-order valence-electron chi connectivity index (χ2n) is 30.9. The van der Waals surface area contributed by atoms with Crippen molar-refractivity contribution in [1.82, 2.24) is 0 Å². The molecule has 5 fully saturated rings. The highest BCUT2D eigenvalue weighted by Gasteiger charge is 2.32. The van der Waals surface area contributed by atoms with E-state index in [4.69, 9.17) is 14.2 Å². The number of rotatable bonds is 31. The number of benzene rings is 5. The Kier molecular flexibility index (Phi) is 40.7. The minimum Gasteiger partial charge on any atom is -0.491 e. The normalized spacial score (nSPS) is 22.1. The summed E-state index contributed by atoms with van der Waals surface area (Å²) in [6.45, 7) is 26.9. The minimum atomic E-state index is -0.856. The lowest BCUT2D eigenvalue weighted by molar-refractivity contribution is 0.286. The molecule has 0 saturated heterocycles. The zero-order chi connectivity index (χ0) is 76.9. The number of hydrogen-bond donors (Lipinski definition) is 0. The van der Waals surface area contributed by atoms with Crippen molar-refractivity contribution in [3.8, 4) is 17.2 Å². The molecular weight excluding hydrogens is 1350 g/mol. The number of unbranched alkanes of at least 4 members (excludes halogenated alkanes) is 7. The SMILES string of the molecule is C=CC1CCC(c2ccc(OCC)c(F)c2F)CC1.C=CC1CCC(c2ccc(OCCC)c(F)c2F)CC1.C=CC1CCC(c2ccc(OCCCC)c(F)c2F)CC1.CCCCCC1CCC(c2ccc(CCC)c(F)c2F)CC1.CCCCCc1ccc(C2CCC(CCCCC)CC2)c(F)c1F. The van der Waals surface area contributed by atoms with Crippen LogP contribution in [0.2, 0.25) is 0 Å². The molecule has 0 unspecified atom stereocenters. The van der Waals surface area contributed by atoms with Crippen molar-refractivity contribution in [2.24, 2.45) is 29.6 Å². The van der Waals surface area contributed by atoms with Crippen LogP contribution in [0.15, 0.2) is 98.6 Å². The maximum absolute atomic E-state index is 14.5. The third-order valence-electron chi connectivity index (χ3n) is 23.3. The first-order valence-electron chi connectivity index (χ1n) is 41.5. The van der Waals surface area contributed by atoms with E-state index in [0.717, 1.165) is 160 Å². The maximum atomic E-state index is 14.5. The molecule has 0 aliphatic heterocycles. The van der Waals surface area contributed by atoms with Crippen LogP contribution in [0.4, 0.5) is 43.9 Å². The predicted octanol–water partition coefficient (Wildman–Crippen LogP) is 30.0. The van der Waals surface area contributed by atoms with Crippen molar-refractivity contribution < 1.29 is 58.1 Å². The minimum absolute atomic E-state index is 0.00327. The van der Waals surface area contributed by atoms with Gasteiger partial charge in [-0.3, -0.25) is 0 Å². The van der Waals surface area contributed by atoms with E-state index in [1.165, 1.54) is 83.1 Å². The van der Waals surface area contributed by atoms with E-state index in [9.17, 15) is 43.9 Å². The lowest BCUT2D eigenvalue weighted by Gasteiger charge is -2.29. The summed E-state index contributed by atoms with van der Waals surface area (Å²) in [5, 5.41) is 0. The van der Waals surface area contributed by atoms with Gasteiger partial charge < -0.3 is 14.2 Å². The first-order chi connectivity index (χ1) is 51.3. The van der Waals surface area contributed by atoms with Gasteiger partial charge in [0, 0.05) is 0 Å². The van der Waals surface area contributed by atoms with Crippen LogP contribution in [0, 0.1) is 87.8 Å². The van der Waals surface area contributed by atoms with E-state index in [2.05, 4.69) is 40.5 Å². The Bertz CT molecular complexity index is 3360. The zero-order valence-corrected chi connectivity index (χ0v) is 65.7. The Morgan fingerprint density at radius 1 is 0.283 bits per heavy atom. The molecule has 0 radical (unpaired) electrons. The molecule has 5 aliphatic rings. The Hall–Kier alpha value is -5.98. The van der Waals surface area contributed by atoms with Crippen LogP contribution in [0.1, 0.15) is 342 Å². The van der Waals surface area contributed by atoms with Crippen LogP contribution in [0.5, 0.6) is 17.2 Å². The van der Waals surface area contributed by atoms with E-state index in [0.29, 0.717) is 89.4 Å². The number of allylic oxidation sites excluding steroid dienone is 3. The third kappa shape index (κ3) is 27.0. The van der Waals surface area contributed by atoms with Gasteiger partial charge in [0.15, 0.2) is 58.0 Å². The molecule has 0 aromatic heterocycles. The largest absolute Gasteiger partial charge is 0.491 e. The second kappa shape index (κ2) is 48.5. The highest BCUT2D eigenvalue weighted by Crippen LogP contribution is 2.45. The number of aryl methyl sites for hydroxylation is 2. The summed E-state index contributed by atoms with van der Waals surface area (Å²) in [6, 6.07) is 17.0. The molecule has 0 heterocycles. The lowest BCUT2D eigenvalue weighted by Crippen LogP contribution is -2.15. The summed E-state index contributed by atoms with van der Waals surface area (Å²) in [7, 11) is 0. The number of hydrogen-bond acceptors (Lipinski definition) is 3. The van der Waals surface area contributed by atoms with Crippen molar-refractivity contribution in [1.29, 1.82) is 0 Å². The maximum Gasteiger partial charge on any atom is 0.200 e. The number of ether oxygens (including phenoxy) is 3. The first kappa shape index (κ1) is 88.9. The van der Waals surface area contributed by atoms with Crippen molar-refractivity contribution in [3.05, 3.63) is 196 Å². The molecule has 0 bridgehead atoms. The third-order valence-corrected chi connectivity index (χ3v) is 23.3. The van der Waals surface area contributed by atoms with Crippen molar-refractivity contribution >= 4 is 0 Å². The fourth-order valence-electron chi connectivity index (χ4n) is 16.6. The van der Waals surface area contributed by atoms with Crippen LogP contribution in [-0.2, 0) is 12.8 Å². The summed E-state index contributed by atoms with van der Waals surface area (Å²) in [4.78, 5) is 0. The van der Waals surface area contributed by atoms with Gasteiger partial charge in [-0.15, -0.1) is 19.7 Å². The zero-order valence-electron chi connectivity index (χ0n) is 65.7. The molecule has 0 amide bonds. The van der Waals surface area contributed by atoms with Gasteiger partial charge >= 0.3 is 0 Å². The molecule has 5 aliphatic carbocycles. The Labute approximate surface area is 633 Å². The van der Waals surface area contributed by atoms with E-state index >= 15 is 0 Å². The quantitative estimate of drug-likeness (QED) is 0.0251. The van der Waals surface area contributed by atoms with Gasteiger partial charge in [-0.25, -0.2) is 30.7 Å². The van der Waals surface area contributed by atoms with Gasteiger partial charge in [-0.1, -0.05) is 179 Å². The van der Waals surface area contributed by atoms with E-state index in [1.807, 2.05) is 57.2 Å². The standard InChI is InChI=1S/C22H34F2.C20H30F2.C18H24F2O.C17H22F2O.C16H20F2O/c1-3-5-7-9-17-11-13-18(14-12-17)20-16-15-19(10-8-6-4-2)21(23)22(20)24;1-3-5-6-8-15-9-11-16(12-10-15)18-14-13-17(7-4-2)19(21)20(18)22;1-3-5-12-21-16-11-10-15(17(19)18(16)20)14-8-6-13(4-2)7-9-14;1-3-11-20-15-10-9-14(16(18)17(15)19)13-7-5-12(4-2)6-8-13;1-3-11-5-7-12(8-6-11)13-9-10-14(19-4-2)16(18)15(13)17/h15-18H,3-14H2,1-2H3;13-16H,3-12H2,1-2H3;4,10-11,13-14H,2-3,5-9,12H2,1H3;4,9-10,12-13H,2-3,5-8,11H2,1H3;3,9-12H,1,4-8H2,2H3. The molecule has 590 valence electrons. The molecule has 5 saturated carbocycles. The van der Waals surface area contributed by atoms with Crippen LogP contribution in [0.3, 0.4) is 0 Å². The summed E-state index contributed by atoms with van der Waals surface area (Å²) >= 11 is 0. The van der Waals surface area contributed by atoms with Crippen LogP contribution in [-0.4, -0.2) is 19.8 Å². The average Bonchev–Trinajstić information content (AvgIpc) is 0.843. The van der Waals surface area contributed by atoms with Crippen LogP contribution >= 0.6 is 0 Å². The Morgan fingerprint density at radius 3 is 0.887 bits per heavy atom. The smallest absolute Gasteiger partial charge is 0.200 e. The van der Waals surface area contributed by atoms with E-state index in [1.54, 1.807) is 43.3 Å². The van der Waals surface area contributed by atoms with E-state index in [-0.39, 0.29) is 46.8 Å². The summed E-state index contributed by atoms with van der Waals surface area (Å²) in [6.07, 6.45) is 44.3. The molecule has 0 spiro atoms. The summed E-state index contributed by atoms with van der Waals surface area (Å²) in [5.41, 5.74) is 3.80. The lowest BCUT2D eigenvalue weighted by atomic mass is 9.76. The molecule has 3 nitrogen and oxygen atoms in total. The van der Waals surface area contributed by atoms with Gasteiger partial charge in [0.25, 0.3) is 0 Å². The molecule has 106 heavy (non-hydrogen) atoms. The Morgan fingerprint density at radius 2 is 0.575 bits per heavy atom. The van der Waals surface area contributed by atoms with Gasteiger partial charge in [-0.05, 0) is 284 Å². The topological polar surface area (TPSA) is 27.7 Å². The molecule has 0 N–H and O–H groups in total. The second-order valence-corrected chi connectivity index (χ2v) is 30.9. The molecule has 13 heteroatoms. The van der Waals surface area contributed by atoms with Crippen LogP contribution < -0.4 is 14.2 Å². The summed E-state index contributed by atoms with van der Waals surface area (Å²) in [5.74, 6) is -3.12. The molecular formula is C93H130F10O3. The van der Waals surface area contributed by atoms with Crippen molar-refractivity contribution in [3.63, 3.8) is 0 Å². The van der Waals surface area contributed by atoms with Crippen LogP contribution in [0.25, 0.3) is 0 Å². The van der Waals surface area contributed by atoms with Gasteiger partial charge in [0.2, 0.25) is 17.5 Å². The molecule has 10 rings (SSSR count). The van der Waals surface area contributed by atoms with Crippen molar-refractivity contribution in [2.75, 3.05) is 19.8 Å². The first-order valence-corrected chi connectivity index (χ1v) is 41.5. The van der Waals surface area contributed by atoms with Gasteiger partial charge in [0.1, 0.15) is 0 Å². The highest BCUT2D eigenvalue weighted by atomic mass is 19.2. The van der Waals surface area contributed by atoms with Gasteiger partial charge in [0.05, 0.1) is 19.8 Å². The Balaban J connectivity index is 0.000000208. The predicted molar refractivity (Wildman–Crippen MR) is 419 cm³/mol. The summed E-state index contributed by atoms with van der Waals surface area (Å²) < 4.78 is 157. The number of halogens is 10. The van der Waals surface area contributed by atoms with Crippen molar-refractivity contribution in [2.45, 2.75) is 316 Å². The fraction of sp³-hybridized carbons (Fsp3) is 0.613. The fourth-order valence-corrected chi connectivity index (χ4v) is 16.6. The van der Waals surface area contributed by atoms with Gasteiger partial charge in [-0.2, -0.15) is 13.2 Å². The van der Waals surface area contributed by atoms with E-state index < -0.39 is 58.2 Å².